The number of nitrogens with one attached hydrogen (secondary N) is 1. The molecule has 4 nitrogen and oxygen atoms in total. The lowest BCUT2D eigenvalue weighted by atomic mass is 10.1. The van der Waals surface area contributed by atoms with E-state index in [0.717, 1.165) is 12.3 Å². The molecule has 18 heavy (non-hydrogen) atoms. The summed E-state index contributed by atoms with van der Waals surface area (Å²) < 4.78 is 11.1. The lowest BCUT2D eigenvalue weighted by Crippen LogP contribution is -2.34. The van der Waals surface area contributed by atoms with Gasteiger partial charge in [0.1, 0.15) is 6.10 Å². The van der Waals surface area contributed by atoms with Crippen molar-refractivity contribution in [1.29, 1.82) is 0 Å². The van der Waals surface area contributed by atoms with Crippen molar-refractivity contribution in [3.63, 3.8) is 0 Å². The summed E-state index contributed by atoms with van der Waals surface area (Å²) in [5.74, 6) is 0.488. The van der Waals surface area contributed by atoms with Crippen LogP contribution in [0.4, 0.5) is 5.69 Å². The Kier molecular flexibility index (Phi) is 4.55. The summed E-state index contributed by atoms with van der Waals surface area (Å²) in [7, 11) is 0. The number of rotatable bonds is 5. The zero-order chi connectivity index (χ0) is 13.0. The molecule has 1 aromatic heterocycles. The zero-order valence-corrected chi connectivity index (χ0v) is 11.3. The number of aromatic nitrogens is 1. The topological polar surface area (TPSA) is 43.4 Å². The summed E-state index contributed by atoms with van der Waals surface area (Å²) in [6.07, 6.45) is 3.91. The van der Waals surface area contributed by atoms with Crippen LogP contribution in [0.1, 0.15) is 32.3 Å². The van der Waals surface area contributed by atoms with Crippen molar-refractivity contribution >= 4 is 5.69 Å². The summed E-state index contributed by atoms with van der Waals surface area (Å²) in [5.41, 5.74) is 2.29. The van der Waals surface area contributed by atoms with Crippen LogP contribution in [-0.2, 0) is 9.47 Å². The van der Waals surface area contributed by atoms with Gasteiger partial charge in [-0.3, -0.25) is 4.98 Å². The Morgan fingerprint density at radius 2 is 2.28 bits per heavy atom. The molecule has 100 valence electrons. The van der Waals surface area contributed by atoms with Gasteiger partial charge in [0.2, 0.25) is 0 Å². The van der Waals surface area contributed by atoms with Crippen molar-refractivity contribution in [3.8, 4) is 0 Å². The van der Waals surface area contributed by atoms with Crippen LogP contribution in [0.15, 0.2) is 18.5 Å². The highest BCUT2D eigenvalue weighted by Crippen LogP contribution is 2.20. The van der Waals surface area contributed by atoms with Crippen LogP contribution in [0.3, 0.4) is 0 Å². The Morgan fingerprint density at radius 1 is 1.44 bits per heavy atom. The van der Waals surface area contributed by atoms with E-state index in [2.05, 4.69) is 30.2 Å². The molecule has 0 amide bonds. The molecule has 4 heteroatoms. The second-order valence-corrected chi connectivity index (χ2v) is 4.94. The quantitative estimate of drug-likeness (QED) is 0.871. The van der Waals surface area contributed by atoms with E-state index in [4.69, 9.17) is 9.47 Å². The average Bonchev–Trinajstić information content (AvgIpc) is 2.77. The largest absolute Gasteiger partial charge is 0.376 e. The molecule has 2 unspecified atom stereocenters. The van der Waals surface area contributed by atoms with Gasteiger partial charge >= 0.3 is 0 Å². The Morgan fingerprint density at radius 3 is 3.00 bits per heavy atom. The number of nitrogens with zero attached hydrogens (tertiary/aromatic N) is 1. The highest BCUT2D eigenvalue weighted by molar-refractivity contribution is 5.45. The normalized spacial score (nSPS) is 23.6. The fourth-order valence-corrected chi connectivity index (χ4v) is 2.11. The first-order valence-electron chi connectivity index (χ1n) is 6.61. The molecule has 2 atom stereocenters. The SMILES string of the molecule is CCOC1COCC1Nc1cncc(C(C)C)c1. The Bertz CT molecular complexity index is 382. The minimum Gasteiger partial charge on any atom is -0.376 e. The molecule has 0 bridgehead atoms. The van der Waals surface area contributed by atoms with E-state index < -0.39 is 0 Å². The van der Waals surface area contributed by atoms with Crippen LogP contribution >= 0.6 is 0 Å². The third kappa shape index (κ3) is 3.21. The zero-order valence-electron chi connectivity index (χ0n) is 11.3. The Labute approximate surface area is 109 Å². The summed E-state index contributed by atoms with van der Waals surface area (Å²) in [6.45, 7) is 8.43. The predicted molar refractivity (Wildman–Crippen MR) is 72.0 cm³/mol. The van der Waals surface area contributed by atoms with Crippen LogP contribution in [0.2, 0.25) is 0 Å². The predicted octanol–water partition coefficient (Wildman–Crippen LogP) is 2.42. The molecule has 2 heterocycles. The van der Waals surface area contributed by atoms with E-state index in [9.17, 15) is 0 Å². The molecule has 0 aromatic carbocycles. The second kappa shape index (κ2) is 6.16. The molecule has 1 aliphatic rings. The molecule has 0 saturated carbocycles. The summed E-state index contributed by atoms with van der Waals surface area (Å²) in [6, 6.07) is 2.37. The van der Waals surface area contributed by atoms with Gasteiger partial charge in [0, 0.05) is 19.0 Å². The molecule has 1 aromatic rings. The fourth-order valence-electron chi connectivity index (χ4n) is 2.11. The van der Waals surface area contributed by atoms with Gasteiger partial charge in [-0.2, -0.15) is 0 Å². The van der Waals surface area contributed by atoms with Crippen molar-refractivity contribution in [3.05, 3.63) is 24.0 Å². The standard InChI is InChI=1S/C14H22N2O2/c1-4-18-14-9-17-8-13(14)16-12-5-11(10(2)3)6-15-7-12/h5-7,10,13-14,16H,4,8-9H2,1-3H3. The fraction of sp³-hybridized carbons (Fsp3) is 0.643. The first-order valence-corrected chi connectivity index (χ1v) is 6.61. The van der Waals surface area contributed by atoms with Gasteiger partial charge in [0.25, 0.3) is 0 Å². The molecule has 2 rings (SSSR count). The highest BCUT2D eigenvalue weighted by atomic mass is 16.5. The lowest BCUT2D eigenvalue weighted by Gasteiger charge is -2.20. The summed E-state index contributed by atoms with van der Waals surface area (Å²) in [5, 5.41) is 3.46. The van der Waals surface area contributed by atoms with Crippen LogP contribution in [0, 0.1) is 0 Å². The van der Waals surface area contributed by atoms with Gasteiger partial charge < -0.3 is 14.8 Å². The maximum atomic E-state index is 5.66. The van der Waals surface area contributed by atoms with E-state index in [1.165, 1.54) is 5.56 Å². The maximum absolute atomic E-state index is 5.66. The monoisotopic (exact) mass is 250 g/mol. The molecule has 1 N–H and O–H groups in total. The molecule has 0 spiro atoms. The van der Waals surface area contributed by atoms with Crippen LogP contribution in [0.5, 0.6) is 0 Å². The van der Waals surface area contributed by atoms with Gasteiger partial charge in [-0.05, 0) is 24.5 Å². The molecular formula is C14H22N2O2. The van der Waals surface area contributed by atoms with E-state index in [1.54, 1.807) is 0 Å². The molecular weight excluding hydrogens is 228 g/mol. The van der Waals surface area contributed by atoms with E-state index in [0.29, 0.717) is 19.1 Å². The highest BCUT2D eigenvalue weighted by Gasteiger charge is 2.28. The summed E-state index contributed by atoms with van der Waals surface area (Å²) >= 11 is 0. The van der Waals surface area contributed by atoms with Gasteiger partial charge in [-0.25, -0.2) is 0 Å². The van der Waals surface area contributed by atoms with Crippen molar-refractivity contribution < 1.29 is 9.47 Å². The smallest absolute Gasteiger partial charge is 0.103 e. The first kappa shape index (κ1) is 13.3. The van der Waals surface area contributed by atoms with Crippen LogP contribution in [0.25, 0.3) is 0 Å². The first-order chi connectivity index (χ1) is 8.70. The average molecular weight is 250 g/mol. The number of anilines is 1. The maximum Gasteiger partial charge on any atom is 0.103 e. The summed E-state index contributed by atoms with van der Waals surface area (Å²) in [4.78, 5) is 4.27. The van der Waals surface area contributed by atoms with E-state index >= 15 is 0 Å². The number of hydrogen-bond acceptors (Lipinski definition) is 4. The van der Waals surface area contributed by atoms with Crippen molar-refractivity contribution in [2.75, 3.05) is 25.1 Å². The third-order valence-corrected chi connectivity index (χ3v) is 3.19. The van der Waals surface area contributed by atoms with Crippen molar-refractivity contribution in [1.82, 2.24) is 4.98 Å². The molecule has 0 radical (unpaired) electrons. The van der Waals surface area contributed by atoms with Crippen LogP contribution < -0.4 is 5.32 Å². The van der Waals surface area contributed by atoms with Gasteiger partial charge in [0.15, 0.2) is 0 Å². The molecule has 1 fully saturated rings. The van der Waals surface area contributed by atoms with E-state index in [1.807, 2.05) is 19.3 Å². The van der Waals surface area contributed by atoms with Crippen molar-refractivity contribution in [2.45, 2.75) is 38.8 Å². The van der Waals surface area contributed by atoms with Crippen molar-refractivity contribution in [2.24, 2.45) is 0 Å². The van der Waals surface area contributed by atoms with Gasteiger partial charge in [-0.1, -0.05) is 13.8 Å². The molecule has 1 saturated heterocycles. The Balaban J connectivity index is 2.02. The van der Waals surface area contributed by atoms with Gasteiger partial charge in [0.05, 0.1) is 24.9 Å². The van der Waals surface area contributed by atoms with Crippen LogP contribution in [-0.4, -0.2) is 37.0 Å². The number of hydrogen-bond donors (Lipinski definition) is 1. The number of ether oxygens (including phenoxy) is 2. The van der Waals surface area contributed by atoms with E-state index in [-0.39, 0.29) is 12.1 Å². The minimum absolute atomic E-state index is 0.137. The molecule has 0 aliphatic carbocycles. The van der Waals surface area contributed by atoms with Gasteiger partial charge in [-0.15, -0.1) is 0 Å². The lowest BCUT2D eigenvalue weighted by molar-refractivity contribution is 0.0478. The minimum atomic E-state index is 0.137. The Hall–Kier alpha value is -1.13. The number of pyridine rings is 1. The molecule has 1 aliphatic heterocycles. The third-order valence-electron chi connectivity index (χ3n) is 3.19. The second-order valence-electron chi connectivity index (χ2n) is 4.94.